The molecule has 0 radical (unpaired) electrons. The van der Waals surface area contributed by atoms with Crippen LogP contribution in [0.1, 0.15) is 87.3 Å². The number of aliphatic hydroxyl groups excluding tert-OH is 1. The van der Waals surface area contributed by atoms with E-state index in [1.54, 1.807) is 0 Å². The summed E-state index contributed by atoms with van der Waals surface area (Å²) < 4.78 is 0. The predicted molar refractivity (Wildman–Crippen MR) is 106 cm³/mol. The number of aromatic nitrogens is 1. The summed E-state index contributed by atoms with van der Waals surface area (Å²) in [4.78, 5) is 27.8. The number of nitrogens with zero attached hydrogens (tertiary/aromatic N) is 1. The van der Waals surface area contributed by atoms with Gasteiger partial charge in [0, 0.05) is 23.8 Å². The smallest absolute Gasteiger partial charge is 0.355 e. The Morgan fingerprint density at radius 2 is 1.96 bits per heavy atom. The van der Waals surface area contributed by atoms with E-state index in [-0.39, 0.29) is 23.6 Å². The average molecular weight is 397 g/mol. The number of carbonyl (C=O) groups excluding carboxylic acids is 1. The number of thiazole rings is 1. The third-order valence-electron chi connectivity index (χ3n) is 5.96. The van der Waals surface area contributed by atoms with E-state index in [4.69, 9.17) is 5.11 Å². The molecule has 0 bridgehead atoms. The van der Waals surface area contributed by atoms with Crippen LogP contribution < -0.4 is 5.32 Å². The minimum Gasteiger partial charge on any atom is -0.476 e. The van der Waals surface area contributed by atoms with E-state index >= 15 is 0 Å². The van der Waals surface area contributed by atoms with Gasteiger partial charge in [-0.25, -0.2) is 9.78 Å². The Labute approximate surface area is 165 Å². The van der Waals surface area contributed by atoms with Crippen LogP contribution in [0.3, 0.4) is 0 Å². The fraction of sp³-hybridized carbons (Fsp3) is 0.750. The molecule has 1 aromatic rings. The summed E-state index contributed by atoms with van der Waals surface area (Å²) in [5.41, 5.74) is -0.0438. The van der Waals surface area contributed by atoms with Crippen molar-refractivity contribution in [1.29, 1.82) is 0 Å². The molecule has 1 fully saturated rings. The van der Waals surface area contributed by atoms with Crippen LogP contribution in [0.4, 0.5) is 0 Å². The molecule has 152 valence electrons. The maximum atomic E-state index is 12.7. The van der Waals surface area contributed by atoms with E-state index in [2.05, 4.69) is 24.1 Å². The number of hydrogen-bond acceptors (Lipinski definition) is 5. The Morgan fingerprint density at radius 3 is 2.52 bits per heavy atom. The van der Waals surface area contributed by atoms with E-state index in [1.807, 2.05) is 6.92 Å². The van der Waals surface area contributed by atoms with Crippen molar-refractivity contribution in [2.24, 2.45) is 17.8 Å². The molecule has 1 heterocycles. The Bertz CT molecular complexity index is 627. The maximum absolute atomic E-state index is 12.7. The Kier molecular flexibility index (Phi) is 8.23. The molecule has 4 atom stereocenters. The van der Waals surface area contributed by atoms with Crippen LogP contribution in [-0.2, 0) is 4.79 Å². The van der Waals surface area contributed by atoms with Gasteiger partial charge in [0.1, 0.15) is 11.1 Å². The van der Waals surface area contributed by atoms with Crippen molar-refractivity contribution in [1.82, 2.24) is 10.3 Å². The molecule has 1 amide bonds. The minimum atomic E-state index is -1.09. The van der Waals surface area contributed by atoms with Crippen molar-refractivity contribution in [3.63, 3.8) is 0 Å². The van der Waals surface area contributed by atoms with Crippen molar-refractivity contribution >= 4 is 23.2 Å². The van der Waals surface area contributed by atoms with Crippen molar-refractivity contribution < 1.29 is 19.8 Å². The monoisotopic (exact) mass is 396 g/mol. The summed E-state index contributed by atoms with van der Waals surface area (Å²) in [5.74, 6) is -0.474. The van der Waals surface area contributed by atoms with Gasteiger partial charge in [0.15, 0.2) is 5.69 Å². The number of carboxylic acid groups (broad SMARTS) is 1. The zero-order valence-corrected chi connectivity index (χ0v) is 17.3. The first-order valence-electron chi connectivity index (χ1n) is 10.0. The van der Waals surface area contributed by atoms with E-state index in [0.717, 1.165) is 43.4 Å². The Hall–Kier alpha value is -1.47. The zero-order valence-electron chi connectivity index (χ0n) is 16.5. The third kappa shape index (κ3) is 6.01. The van der Waals surface area contributed by atoms with E-state index in [9.17, 15) is 14.7 Å². The van der Waals surface area contributed by atoms with Crippen LogP contribution in [0.5, 0.6) is 0 Å². The number of nitrogens with one attached hydrogen (secondary N) is 1. The SMILES string of the molecule is CC[C@@H](C)[C@H](C)C(=O)N[C@H](C[C@@H](O)c1nc(C(=O)O)cs1)C1CCCCC1. The number of carbonyl (C=O) groups is 2. The molecule has 1 aliphatic rings. The highest BCUT2D eigenvalue weighted by Crippen LogP contribution is 2.32. The molecule has 0 aliphatic heterocycles. The second kappa shape index (κ2) is 10.2. The molecule has 0 aromatic carbocycles. The standard InChI is InChI=1S/C20H32N2O4S/c1-4-12(2)13(3)18(24)21-15(14-8-6-5-7-9-14)10-17(23)19-22-16(11-27-19)20(25)26/h11-15,17,23H,4-10H2,1-3H3,(H,21,24)(H,25,26)/t12-,13+,15-,17-/m1/s1. The molecular weight excluding hydrogens is 364 g/mol. The highest BCUT2D eigenvalue weighted by atomic mass is 32.1. The predicted octanol–water partition coefficient (Wildman–Crippen LogP) is 4.01. The Morgan fingerprint density at radius 1 is 1.30 bits per heavy atom. The lowest BCUT2D eigenvalue weighted by Crippen LogP contribution is -2.45. The molecule has 0 saturated heterocycles. The van der Waals surface area contributed by atoms with Crippen molar-refractivity contribution in [3.05, 3.63) is 16.1 Å². The summed E-state index contributed by atoms with van der Waals surface area (Å²) in [7, 11) is 0. The first-order valence-corrected chi connectivity index (χ1v) is 10.9. The van der Waals surface area contributed by atoms with Crippen LogP contribution in [0.15, 0.2) is 5.38 Å². The highest BCUT2D eigenvalue weighted by Gasteiger charge is 2.30. The quantitative estimate of drug-likeness (QED) is 0.585. The van der Waals surface area contributed by atoms with Gasteiger partial charge in [0.2, 0.25) is 5.91 Å². The van der Waals surface area contributed by atoms with Gasteiger partial charge in [0.25, 0.3) is 0 Å². The van der Waals surface area contributed by atoms with Crippen molar-refractivity contribution in [2.75, 3.05) is 0 Å². The first-order chi connectivity index (χ1) is 12.8. The fourth-order valence-electron chi connectivity index (χ4n) is 3.71. The number of hydrogen-bond donors (Lipinski definition) is 3. The molecular formula is C20H32N2O4S. The number of aliphatic hydroxyl groups is 1. The normalized spacial score (nSPS) is 19.9. The second-order valence-corrected chi connectivity index (χ2v) is 8.70. The van der Waals surface area contributed by atoms with E-state index in [0.29, 0.717) is 23.3 Å². The summed E-state index contributed by atoms with van der Waals surface area (Å²) in [6.07, 6.45) is 6.06. The number of rotatable bonds is 9. The first kappa shape index (κ1) is 21.8. The van der Waals surface area contributed by atoms with Gasteiger partial charge in [-0.3, -0.25) is 4.79 Å². The lowest BCUT2D eigenvalue weighted by molar-refractivity contribution is -0.127. The summed E-state index contributed by atoms with van der Waals surface area (Å²) in [5, 5.41) is 24.7. The van der Waals surface area contributed by atoms with Crippen LogP contribution in [-0.4, -0.2) is 33.1 Å². The van der Waals surface area contributed by atoms with Gasteiger partial charge in [-0.1, -0.05) is 46.5 Å². The molecule has 1 saturated carbocycles. The van der Waals surface area contributed by atoms with Gasteiger partial charge >= 0.3 is 5.97 Å². The third-order valence-corrected chi connectivity index (χ3v) is 6.91. The molecule has 27 heavy (non-hydrogen) atoms. The lowest BCUT2D eigenvalue weighted by Gasteiger charge is -2.33. The molecule has 7 heteroatoms. The van der Waals surface area contributed by atoms with Gasteiger partial charge in [0.05, 0.1) is 0 Å². The zero-order chi connectivity index (χ0) is 20.0. The maximum Gasteiger partial charge on any atom is 0.355 e. The Balaban J connectivity index is 2.09. The number of carboxylic acids is 1. The number of aromatic carboxylic acids is 1. The lowest BCUT2D eigenvalue weighted by atomic mass is 9.81. The topological polar surface area (TPSA) is 99.5 Å². The molecule has 0 spiro atoms. The van der Waals surface area contributed by atoms with Gasteiger partial charge in [-0.2, -0.15) is 0 Å². The van der Waals surface area contributed by atoms with E-state index in [1.165, 1.54) is 11.8 Å². The summed E-state index contributed by atoms with van der Waals surface area (Å²) in [6, 6.07) is -0.114. The molecule has 1 aromatic heterocycles. The van der Waals surface area contributed by atoms with Gasteiger partial charge in [-0.05, 0) is 24.7 Å². The minimum absolute atomic E-state index is 0.0393. The highest BCUT2D eigenvalue weighted by molar-refractivity contribution is 7.09. The second-order valence-electron chi connectivity index (χ2n) is 7.82. The van der Waals surface area contributed by atoms with Crippen LogP contribution in [0.25, 0.3) is 0 Å². The van der Waals surface area contributed by atoms with Crippen LogP contribution >= 0.6 is 11.3 Å². The van der Waals surface area contributed by atoms with Gasteiger partial charge in [-0.15, -0.1) is 11.3 Å². The molecule has 3 N–H and O–H groups in total. The summed E-state index contributed by atoms with van der Waals surface area (Å²) in [6.45, 7) is 6.12. The van der Waals surface area contributed by atoms with Crippen LogP contribution in [0, 0.1) is 17.8 Å². The van der Waals surface area contributed by atoms with Crippen molar-refractivity contribution in [2.45, 2.75) is 77.9 Å². The fourth-order valence-corrected chi connectivity index (χ4v) is 4.50. The van der Waals surface area contributed by atoms with E-state index < -0.39 is 12.1 Å². The molecule has 6 nitrogen and oxygen atoms in total. The van der Waals surface area contributed by atoms with Crippen molar-refractivity contribution in [3.8, 4) is 0 Å². The molecule has 1 aliphatic carbocycles. The van der Waals surface area contributed by atoms with Crippen LogP contribution in [0.2, 0.25) is 0 Å². The molecule has 2 rings (SSSR count). The largest absolute Gasteiger partial charge is 0.476 e. The average Bonchev–Trinajstić information content (AvgIpc) is 3.17. The summed E-state index contributed by atoms with van der Waals surface area (Å²) >= 11 is 1.15. The number of amides is 1. The van der Waals surface area contributed by atoms with Gasteiger partial charge < -0.3 is 15.5 Å². The molecule has 0 unspecified atom stereocenters.